The van der Waals surface area contributed by atoms with Crippen LogP contribution in [-0.4, -0.2) is 46.3 Å². The summed E-state index contributed by atoms with van der Waals surface area (Å²) in [6.07, 6.45) is -0.940. The van der Waals surface area contributed by atoms with Crippen LogP contribution in [0.5, 0.6) is 5.75 Å². The number of benzene rings is 1. The summed E-state index contributed by atoms with van der Waals surface area (Å²) in [5.74, 6) is 1.03. The number of aryl methyl sites for hydroxylation is 4. The summed E-state index contributed by atoms with van der Waals surface area (Å²) in [4.78, 5) is 30.0. The van der Waals surface area contributed by atoms with Crippen molar-refractivity contribution < 1.29 is 9.84 Å². The van der Waals surface area contributed by atoms with Gasteiger partial charge in [-0.3, -0.25) is 18.5 Å². The molecule has 0 aliphatic rings. The van der Waals surface area contributed by atoms with E-state index in [0.29, 0.717) is 11.7 Å². The summed E-state index contributed by atoms with van der Waals surface area (Å²) in [6, 6.07) is 9.43. The molecule has 4 rings (SSSR count). The molecule has 0 amide bonds. The summed E-state index contributed by atoms with van der Waals surface area (Å²) < 4.78 is 11.3. The molecule has 10 heteroatoms. The van der Waals surface area contributed by atoms with E-state index in [4.69, 9.17) is 4.74 Å². The van der Waals surface area contributed by atoms with Crippen LogP contribution in [-0.2, 0) is 20.6 Å². The summed E-state index contributed by atoms with van der Waals surface area (Å²) in [7, 11) is 2.98. The number of para-hydroxylation sites is 1. The van der Waals surface area contributed by atoms with Crippen molar-refractivity contribution in [1.29, 1.82) is 0 Å². The van der Waals surface area contributed by atoms with Gasteiger partial charge in [0.15, 0.2) is 11.2 Å². The Bertz CT molecular complexity index is 1420. The number of aromatic nitrogens is 6. The lowest BCUT2D eigenvalue weighted by Crippen LogP contribution is -2.38. The number of hydrogen-bond acceptors (Lipinski definition) is 6. The average Bonchev–Trinajstić information content (AvgIpc) is 3.29. The van der Waals surface area contributed by atoms with Crippen LogP contribution in [0.4, 0.5) is 0 Å². The summed E-state index contributed by atoms with van der Waals surface area (Å²) in [5, 5.41) is 15.3. The smallest absolute Gasteiger partial charge is 0.332 e. The van der Waals surface area contributed by atoms with Crippen LogP contribution in [0.1, 0.15) is 17.0 Å². The first kappa shape index (κ1) is 21.6. The van der Waals surface area contributed by atoms with Gasteiger partial charge in [0.25, 0.3) is 5.56 Å². The molecule has 0 saturated heterocycles. The van der Waals surface area contributed by atoms with E-state index >= 15 is 0 Å². The number of imidazole rings is 1. The molecule has 0 spiro atoms. The average molecular weight is 438 g/mol. The highest BCUT2D eigenvalue weighted by Gasteiger charge is 2.23. The Labute approximate surface area is 183 Å². The highest BCUT2D eigenvalue weighted by atomic mass is 16.5. The van der Waals surface area contributed by atoms with Crippen molar-refractivity contribution in [1.82, 2.24) is 28.5 Å². The summed E-state index contributed by atoms with van der Waals surface area (Å²) >= 11 is 0. The van der Waals surface area contributed by atoms with Crippen molar-refractivity contribution in [3.8, 4) is 11.7 Å². The second-order valence-corrected chi connectivity index (χ2v) is 7.97. The third-order valence-electron chi connectivity index (χ3n) is 5.45. The second-order valence-electron chi connectivity index (χ2n) is 7.97. The molecule has 10 nitrogen and oxygen atoms in total. The Kier molecular flexibility index (Phi) is 5.47. The van der Waals surface area contributed by atoms with Gasteiger partial charge in [0.1, 0.15) is 18.5 Å². The fraction of sp³-hybridized carbons (Fsp3) is 0.364. The first-order chi connectivity index (χ1) is 15.2. The zero-order valence-electron chi connectivity index (χ0n) is 18.7. The number of rotatable bonds is 6. The molecule has 0 saturated carbocycles. The highest BCUT2D eigenvalue weighted by Crippen LogP contribution is 2.19. The molecule has 0 radical (unpaired) electrons. The molecule has 0 bridgehead atoms. The van der Waals surface area contributed by atoms with Gasteiger partial charge in [-0.1, -0.05) is 18.2 Å². The van der Waals surface area contributed by atoms with E-state index in [1.54, 1.807) is 16.3 Å². The normalized spacial score (nSPS) is 12.4. The maximum atomic E-state index is 13.0. The van der Waals surface area contributed by atoms with Crippen molar-refractivity contribution in [3.63, 3.8) is 0 Å². The molecule has 0 fully saturated rings. The third-order valence-corrected chi connectivity index (χ3v) is 5.45. The van der Waals surface area contributed by atoms with Crippen molar-refractivity contribution in [2.45, 2.75) is 33.4 Å². The van der Waals surface area contributed by atoms with Gasteiger partial charge in [-0.15, -0.1) is 0 Å². The van der Waals surface area contributed by atoms with Gasteiger partial charge in [0.05, 0.1) is 12.2 Å². The van der Waals surface area contributed by atoms with Gasteiger partial charge in [0.2, 0.25) is 5.95 Å². The van der Waals surface area contributed by atoms with Gasteiger partial charge in [0, 0.05) is 19.8 Å². The fourth-order valence-corrected chi connectivity index (χ4v) is 3.77. The topological polar surface area (TPSA) is 109 Å². The Hall–Kier alpha value is -3.66. The lowest BCUT2D eigenvalue weighted by molar-refractivity contribution is 0.0928. The minimum absolute atomic E-state index is 0.0210. The molecule has 1 N–H and O–H groups in total. The van der Waals surface area contributed by atoms with E-state index in [-0.39, 0.29) is 24.3 Å². The maximum absolute atomic E-state index is 13.0. The number of fused-ring (bicyclic) bond motifs is 1. The van der Waals surface area contributed by atoms with Crippen molar-refractivity contribution in [2.24, 2.45) is 14.1 Å². The highest BCUT2D eigenvalue weighted by molar-refractivity contribution is 5.72. The number of aliphatic hydroxyl groups is 1. The van der Waals surface area contributed by atoms with Crippen LogP contribution in [0.3, 0.4) is 0 Å². The van der Waals surface area contributed by atoms with E-state index in [1.165, 1.54) is 11.6 Å². The Morgan fingerprint density at radius 2 is 1.81 bits per heavy atom. The minimum Gasteiger partial charge on any atom is -0.491 e. The SMILES string of the molecule is Cc1cc(C)n(-c2nc3c(c(=O)n(C)c(=O)n3C)n2C[C@H](O)COc2ccccc2C)n1. The molecule has 3 heterocycles. The molecule has 168 valence electrons. The van der Waals surface area contributed by atoms with Crippen LogP contribution < -0.4 is 16.0 Å². The van der Waals surface area contributed by atoms with E-state index in [1.807, 2.05) is 51.1 Å². The second kappa shape index (κ2) is 8.12. The molecular weight excluding hydrogens is 412 g/mol. The lowest BCUT2D eigenvalue weighted by Gasteiger charge is -2.16. The van der Waals surface area contributed by atoms with Crippen LogP contribution in [0.25, 0.3) is 17.1 Å². The number of aliphatic hydroxyl groups excluding tert-OH is 1. The number of nitrogens with zero attached hydrogens (tertiary/aromatic N) is 6. The predicted molar refractivity (Wildman–Crippen MR) is 119 cm³/mol. The Morgan fingerprint density at radius 3 is 2.47 bits per heavy atom. The molecule has 0 aliphatic carbocycles. The molecule has 4 aromatic rings. The zero-order valence-corrected chi connectivity index (χ0v) is 18.7. The zero-order chi connectivity index (χ0) is 23.2. The van der Waals surface area contributed by atoms with E-state index in [0.717, 1.165) is 21.5 Å². The van der Waals surface area contributed by atoms with Crippen LogP contribution in [0.15, 0.2) is 39.9 Å². The molecule has 0 aliphatic heterocycles. The van der Waals surface area contributed by atoms with E-state index in [2.05, 4.69) is 10.1 Å². The number of ether oxygens (including phenoxy) is 1. The lowest BCUT2D eigenvalue weighted by atomic mass is 10.2. The Morgan fingerprint density at radius 1 is 1.09 bits per heavy atom. The molecular formula is C22H26N6O4. The van der Waals surface area contributed by atoms with Gasteiger partial charge in [-0.2, -0.15) is 10.1 Å². The summed E-state index contributed by atoms with van der Waals surface area (Å²) in [5.41, 5.74) is 2.03. The van der Waals surface area contributed by atoms with Crippen LogP contribution in [0, 0.1) is 20.8 Å². The van der Waals surface area contributed by atoms with Crippen LogP contribution in [0.2, 0.25) is 0 Å². The standard InChI is InChI=1S/C22H26N6O4/c1-13-8-6-7-9-17(13)32-12-16(29)11-27-18-19(25(4)22(31)26(5)20(18)30)23-21(27)28-15(3)10-14(2)24-28/h6-10,16,29H,11-12H2,1-5H3/t16-/m0/s1. The van der Waals surface area contributed by atoms with Crippen molar-refractivity contribution >= 4 is 11.2 Å². The van der Waals surface area contributed by atoms with E-state index < -0.39 is 17.4 Å². The first-order valence-corrected chi connectivity index (χ1v) is 10.3. The van der Waals surface area contributed by atoms with Gasteiger partial charge in [-0.25, -0.2) is 9.48 Å². The van der Waals surface area contributed by atoms with Gasteiger partial charge >= 0.3 is 5.69 Å². The quantitative estimate of drug-likeness (QED) is 0.481. The molecule has 3 aromatic heterocycles. The van der Waals surface area contributed by atoms with Gasteiger partial charge < -0.3 is 9.84 Å². The largest absolute Gasteiger partial charge is 0.491 e. The third kappa shape index (κ3) is 3.62. The minimum atomic E-state index is -0.940. The monoisotopic (exact) mass is 438 g/mol. The van der Waals surface area contributed by atoms with Crippen molar-refractivity contribution in [3.05, 3.63) is 68.1 Å². The fourth-order valence-electron chi connectivity index (χ4n) is 3.77. The van der Waals surface area contributed by atoms with Crippen LogP contribution >= 0.6 is 0 Å². The van der Waals surface area contributed by atoms with E-state index in [9.17, 15) is 14.7 Å². The molecule has 1 atom stereocenters. The molecule has 1 aromatic carbocycles. The van der Waals surface area contributed by atoms with Crippen molar-refractivity contribution in [2.75, 3.05) is 6.61 Å². The maximum Gasteiger partial charge on any atom is 0.332 e. The Balaban J connectivity index is 1.80. The number of hydrogen-bond donors (Lipinski definition) is 1. The first-order valence-electron chi connectivity index (χ1n) is 10.3. The summed E-state index contributed by atoms with van der Waals surface area (Å²) in [6.45, 7) is 5.71. The molecule has 0 unspecified atom stereocenters. The molecule has 32 heavy (non-hydrogen) atoms. The van der Waals surface area contributed by atoms with Gasteiger partial charge in [-0.05, 0) is 38.5 Å². The predicted octanol–water partition coefficient (Wildman–Crippen LogP) is 0.985.